The summed E-state index contributed by atoms with van der Waals surface area (Å²) >= 11 is 0. The summed E-state index contributed by atoms with van der Waals surface area (Å²) in [7, 11) is 0. The molecule has 0 spiro atoms. The molecule has 2 amide bonds. The van der Waals surface area contributed by atoms with Crippen molar-refractivity contribution in [3.8, 4) is 0 Å². The van der Waals surface area contributed by atoms with Crippen LogP contribution in [0.2, 0.25) is 0 Å². The summed E-state index contributed by atoms with van der Waals surface area (Å²) in [5.41, 5.74) is 0. The summed E-state index contributed by atoms with van der Waals surface area (Å²) in [5.74, 6) is -0.199. The first-order valence-corrected chi connectivity index (χ1v) is 7.69. The number of aliphatic hydroxyl groups excluding tert-OH is 1. The molecular formula is C14H22N2O5. The van der Waals surface area contributed by atoms with Gasteiger partial charge in [0.1, 0.15) is 18.8 Å². The fraction of sp³-hybridized carbons (Fsp3) is 0.857. The molecule has 1 saturated carbocycles. The summed E-state index contributed by atoms with van der Waals surface area (Å²) in [6, 6.07) is -0.273. The van der Waals surface area contributed by atoms with E-state index in [9.17, 15) is 14.7 Å². The molecule has 2 N–H and O–H groups in total. The highest BCUT2D eigenvalue weighted by molar-refractivity contribution is 5.83. The molecule has 2 aliphatic heterocycles. The normalized spacial score (nSPS) is 32.2. The summed E-state index contributed by atoms with van der Waals surface area (Å²) in [5, 5.41) is 12.4. The predicted molar refractivity (Wildman–Crippen MR) is 72.6 cm³/mol. The van der Waals surface area contributed by atoms with Gasteiger partial charge in [-0.3, -0.25) is 4.79 Å². The monoisotopic (exact) mass is 298 g/mol. The number of carbonyl (C=O) groups excluding carboxylic acids is 2. The highest BCUT2D eigenvalue weighted by Gasteiger charge is 2.46. The van der Waals surface area contributed by atoms with E-state index >= 15 is 0 Å². The molecule has 3 fully saturated rings. The number of likely N-dealkylation sites (tertiary alicyclic amines) is 1. The number of hydrogen-bond acceptors (Lipinski definition) is 5. The summed E-state index contributed by atoms with van der Waals surface area (Å²) < 4.78 is 10.7. The molecule has 3 aliphatic rings. The molecule has 0 unspecified atom stereocenters. The number of rotatable bonds is 3. The number of nitrogens with zero attached hydrogens (tertiary/aromatic N) is 1. The molecule has 7 nitrogen and oxygen atoms in total. The van der Waals surface area contributed by atoms with E-state index < -0.39 is 12.2 Å². The third-order valence-corrected chi connectivity index (χ3v) is 4.55. The maximum atomic E-state index is 12.2. The number of nitrogens with one attached hydrogen (secondary N) is 1. The molecule has 0 aromatic heterocycles. The van der Waals surface area contributed by atoms with Crippen molar-refractivity contribution >= 4 is 12.0 Å². The van der Waals surface area contributed by atoms with E-state index in [-0.39, 0.29) is 37.3 Å². The average Bonchev–Trinajstić information content (AvgIpc) is 3.16. The molecular weight excluding hydrogens is 276 g/mol. The SMILES string of the molecule is O=C(NCC(=O)N1CC[C@H]2OC[C@H](O)[C@H]21)OC1CCCC1. The van der Waals surface area contributed by atoms with E-state index in [1.165, 1.54) is 0 Å². The van der Waals surface area contributed by atoms with Gasteiger partial charge >= 0.3 is 6.09 Å². The second kappa shape index (κ2) is 6.19. The first-order chi connectivity index (χ1) is 10.1. The lowest BCUT2D eigenvalue weighted by molar-refractivity contribution is -0.132. The van der Waals surface area contributed by atoms with Gasteiger partial charge < -0.3 is 24.8 Å². The molecule has 118 valence electrons. The van der Waals surface area contributed by atoms with Crippen molar-refractivity contribution in [2.45, 2.75) is 56.5 Å². The number of amides is 2. The molecule has 1 aliphatic carbocycles. The third-order valence-electron chi connectivity index (χ3n) is 4.55. The van der Waals surface area contributed by atoms with Crippen molar-refractivity contribution in [3.05, 3.63) is 0 Å². The topological polar surface area (TPSA) is 88.1 Å². The maximum Gasteiger partial charge on any atom is 0.407 e. The lowest BCUT2D eigenvalue weighted by Gasteiger charge is -2.25. The average molecular weight is 298 g/mol. The highest BCUT2D eigenvalue weighted by Crippen LogP contribution is 2.29. The van der Waals surface area contributed by atoms with Gasteiger partial charge in [-0.1, -0.05) is 0 Å². The van der Waals surface area contributed by atoms with Gasteiger partial charge in [0.05, 0.1) is 18.8 Å². The van der Waals surface area contributed by atoms with Crippen LogP contribution in [0.5, 0.6) is 0 Å². The molecule has 7 heteroatoms. The Labute approximate surface area is 123 Å². The fourth-order valence-electron chi connectivity index (χ4n) is 3.48. The zero-order chi connectivity index (χ0) is 14.8. The number of alkyl carbamates (subject to hydrolysis) is 1. The third kappa shape index (κ3) is 3.13. The van der Waals surface area contributed by atoms with Crippen LogP contribution >= 0.6 is 0 Å². The van der Waals surface area contributed by atoms with Crippen molar-refractivity contribution in [3.63, 3.8) is 0 Å². The second-order valence-corrected chi connectivity index (χ2v) is 5.97. The van der Waals surface area contributed by atoms with Gasteiger partial charge in [-0.2, -0.15) is 0 Å². The molecule has 2 saturated heterocycles. The Kier molecular flexibility index (Phi) is 4.30. The number of fused-ring (bicyclic) bond motifs is 1. The lowest BCUT2D eigenvalue weighted by atomic mass is 10.1. The minimum absolute atomic E-state index is 0.0127. The van der Waals surface area contributed by atoms with Gasteiger partial charge in [-0.05, 0) is 32.1 Å². The first kappa shape index (κ1) is 14.6. The Morgan fingerprint density at radius 3 is 2.81 bits per heavy atom. The van der Waals surface area contributed by atoms with Crippen molar-refractivity contribution in [2.24, 2.45) is 0 Å². The summed E-state index contributed by atoms with van der Waals surface area (Å²) in [4.78, 5) is 25.4. The van der Waals surface area contributed by atoms with Crippen LogP contribution in [0, 0.1) is 0 Å². The maximum absolute atomic E-state index is 12.2. The van der Waals surface area contributed by atoms with Crippen LogP contribution in [-0.2, 0) is 14.3 Å². The van der Waals surface area contributed by atoms with E-state index in [0.29, 0.717) is 6.54 Å². The number of aliphatic hydroxyl groups is 1. The van der Waals surface area contributed by atoms with Crippen LogP contribution in [0.15, 0.2) is 0 Å². The molecule has 3 atom stereocenters. The van der Waals surface area contributed by atoms with Crippen LogP contribution in [0.25, 0.3) is 0 Å². The molecule has 3 rings (SSSR count). The van der Waals surface area contributed by atoms with Gasteiger partial charge in [0, 0.05) is 6.54 Å². The summed E-state index contributed by atoms with van der Waals surface area (Å²) in [6.45, 7) is 0.738. The summed E-state index contributed by atoms with van der Waals surface area (Å²) in [6.07, 6.45) is 3.47. The van der Waals surface area contributed by atoms with Crippen LogP contribution in [0.1, 0.15) is 32.1 Å². The van der Waals surface area contributed by atoms with Gasteiger partial charge in [0.2, 0.25) is 5.91 Å². The van der Waals surface area contributed by atoms with Gasteiger partial charge in [0.25, 0.3) is 0 Å². The zero-order valence-corrected chi connectivity index (χ0v) is 12.0. The lowest BCUT2D eigenvalue weighted by Crippen LogP contribution is -2.48. The number of hydrogen-bond donors (Lipinski definition) is 2. The standard InChI is InChI=1S/C14H22N2O5/c17-10-8-20-11-5-6-16(13(10)11)12(18)7-15-14(19)21-9-3-1-2-4-9/h9-11,13,17H,1-8H2,(H,15,19)/t10-,11+,13+/m0/s1. The Morgan fingerprint density at radius 2 is 2.05 bits per heavy atom. The van der Waals surface area contributed by atoms with E-state index in [4.69, 9.17) is 9.47 Å². The molecule has 21 heavy (non-hydrogen) atoms. The Morgan fingerprint density at radius 1 is 1.29 bits per heavy atom. The van der Waals surface area contributed by atoms with Crippen molar-refractivity contribution < 1.29 is 24.2 Å². The van der Waals surface area contributed by atoms with E-state index in [2.05, 4.69) is 5.32 Å². The largest absolute Gasteiger partial charge is 0.446 e. The quantitative estimate of drug-likeness (QED) is 0.766. The van der Waals surface area contributed by atoms with Crippen LogP contribution in [-0.4, -0.2) is 66.1 Å². The Bertz CT molecular complexity index is 410. The van der Waals surface area contributed by atoms with Crippen molar-refractivity contribution in [2.75, 3.05) is 19.7 Å². The first-order valence-electron chi connectivity index (χ1n) is 7.69. The van der Waals surface area contributed by atoms with E-state index in [0.717, 1.165) is 32.1 Å². The zero-order valence-electron chi connectivity index (χ0n) is 12.0. The molecule has 2 heterocycles. The predicted octanol–water partition coefficient (Wildman–Crippen LogP) is 0.0158. The number of ether oxygens (including phenoxy) is 2. The molecule has 0 bridgehead atoms. The Hall–Kier alpha value is -1.34. The fourth-order valence-corrected chi connectivity index (χ4v) is 3.48. The Balaban J connectivity index is 1.44. The smallest absolute Gasteiger partial charge is 0.407 e. The van der Waals surface area contributed by atoms with Gasteiger partial charge in [0.15, 0.2) is 0 Å². The van der Waals surface area contributed by atoms with Crippen molar-refractivity contribution in [1.29, 1.82) is 0 Å². The van der Waals surface area contributed by atoms with Crippen LogP contribution in [0.3, 0.4) is 0 Å². The highest BCUT2D eigenvalue weighted by atomic mass is 16.6. The van der Waals surface area contributed by atoms with E-state index in [1.54, 1.807) is 4.90 Å². The molecule has 0 radical (unpaired) electrons. The number of carbonyl (C=O) groups is 2. The minimum Gasteiger partial charge on any atom is -0.446 e. The van der Waals surface area contributed by atoms with Gasteiger partial charge in [-0.15, -0.1) is 0 Å². The minimum atomic E-state index is -0.633. The van der Waals surface area contributed by atoms with Crippen molar-refractivity contribution in [1.82, 2.24) is 10.2 Å². The molecule has 0 aromatic carbocycles. The van der Waals surface area contributed by atoms with E-state index in [1.807, 2.05) is 0 Å². The van der Waals surface area contributed by atoms with Gasteiger partial charge in [-0.25, -0.2) is 4.79 Å². The van der Waals surface area contributed by atoms with Crippen LogP contribution in [0.4, 0.5) is 4.79 Å². The molecule has 0 aromatic rings. The second-order valence-electron chi connectivity index (χ2n) is 5.97. The van der Waals surface area contributed by atoms with Crippen LogP contribution < -0.4 is 5.32 Å².